The van der Waals surface area contributed by atoms with Crippen molar-refractivity contribution < 1.29 is 9.59 Å². The summed E-state index contributed by atoms with van der Waals surface area (Å²) in [4.78, 5) is 37.0. The molecule has 0 aliphatic carbocycles. The minimum absolute atomic E-state index is 0.0376. The second kappa shape index (κ2) is 7.31. The third-order valence-electron chi connectivity index (χ3n) is 5.13. The summed E-state index contributed by atoms with van der Waals surface area (Å²) < 4.78 is 1.78. The van der Waals surface area contributed by atoms with Crippen LogP contribution in [0.3, 0.4) is 0 Å². The van der Waals surface area contributed by atoms with E-state index < -0.39 is 0 Å². The summed E-state index contributed by atoms with van der Waals surface area (Å²) in [7, 11) is 0. The molecule has 3 aromatic carbocycles. The predicted molar refractivity (Wildman–Crippen MR) is 120 cm³/mol. The zero-order valence-electron chi connectivity index (χ0n) is 15.8. The standard InChI is InChI=1S/C24H16N2O3S/c27-22-21(30-24(29)25-22)13-16-10-11-20-19(12-16)17-8-4-5-9-18(17)23(28)26(20)14-15-6-2-1-3-7-15/h1-13H,14H2,(H,25,27,29)/b21-13-. The third-order valence-corrected chi connectivity index (χ3v) is 5.94. The minimum atomic E-state index is -0.385. The van der Waals surface area contributed by atoms with Gasteiger partial charge in [0.15, 0.2) is 0 Å². The monoisotopic (exact) mass is 412 g/mol. The fourth-order valence-electron chi connectivity index (χ4n) is 3.75. The van der Waals surface area contributed by atoms with E-state index >= 15 is 0 Å². The molecule has 30 heavy (non-hydrogen) atoms. The van der Waals surface area contributed by atoms with Crippen molar-refractivity contribution in [1.29, 1.82) is 0 Å². The summed E-state index contributed by atoms with van der Waals surface area (Å²) in [5.41, 5.74) is 2.62. The minimum Gasteiger partial charge on any atom is -0.303 e. The van der Waals surface area contributed by atoms with Crippen molar-refractivity contribution in [3.63, 3.8) is 0 Å². The number of thioether (sulfide) groups is 1. The summed E-state index contributed by atoms with van der Waals surface area (Å²) in [5.74, 6) is -0.385. The summed E-state index contributed by atoms with van der Waals surface area (Å²) in [5, 5.41) is 4.33. The van der Waals surface area contributed by atoms with Gasteiger partial charge in [0.1, 0.15) is 0 Å². The number of imide groups is 1. The van der Waals surface area contributed by atoms with Crippen molar-refractivity contribution in [2.75, 3.05) is 0 Å². The molecule has 6 heteroatoms. The number of pyridine rings is 1. The Bertz CT molecular complexity index is 1420. The third kappa shape index (κ3) is 3.21. The molecule has 1 fully saturated rings. The molecule has 2 heterocycles. The highest BCUT2D eigenvalue weighted by Crippen LogP contribution is 2.29. The van der Waals surface area contributed by atoms with Crippen LogP contribution in [0.2, 0.25) is 0 Å². The van der Waals surface area contributed by atoms with Gasteiger partial charge in [-0.15, -0.1) is 0 Å². The number of hydrogen-bond donors (Lipinski definition) is 1. The molecule has 0 radical (unpaired) electrons. The normalized spacial score (nSPS) is 15.3. The largest absolute Gasteiger partial charge is 0.303 e. The zero-order valence-corrected chi connectivity index (χ0v) is 16.6. The van der Waals surface area contributed by atoms with Crippen LogP contribution in [0.4, 0.5) is 4.79 Å². The Morgan fingerprint density at radius 2 is 1.57 bits per heavy atom. The van der Waals surface area contributed by atoms with Crippen LogP contribution in [0.15, 0.2) is 82.5 Å². The van der Waals surface area contributed by atoms with E-state index in [4.69, 9.17) is 0 Å². The zero-order chi connectivity index (χ0) is 20.7. The van der Waals surface area contributed by atoms with Gasteiger partial charge in [0.05, 0.1) is 17.0 Å². The molecule has 0 spiro atoms. The van der Waals surface area contributed by atoms with E-state index in [1.807, 2.05) is 72.8 Å². The number of carbonyl (C=O) groups is 2. The summed E-state index contributed by atoms with van der Waals surface area (Å²) in [6.45, 7) is 0.466. The molecule has 1 saturated heterocycles. The van der Waals surface area contributed by atoms with Gasteiger partial charge in [0.25, 0.3) is 16.7 Å². The molecule has 2 amide bonds. The van der Waals surface area contributed by atoms with Gasteiger partial charge in [0.2, 0.25) is 0 Å². The lowest BCUT2D eigenvalue weighted by Crippen LogP contribution is -2.21. The Kier molecular flexibility index (Phi) is 4.48. The van der Waals surface area contributed by atoms with E-state index in [1.54, 1.807) is 10.6 Å². The van der Waals surface area contributed by atoms with E-state index in [0.717, 1.165) is 39.2 Å². The van der Waals surface area contributed by atoms with E-state index in [1.165, 1.54) is 0 Å². The lowest BCUT2D eigenvalue weighted by molar-refractivity contribution is -0.115. The Labute approximate surface area is 176 Å². The number of nitrogens with zero attached hydrogens (tertiary/aromatic N) is 1. The van der Waals surface area contributed by atoms with Crippen LogP contribution in [0.25, 0.3) is 27.8 Å². The van der Waals surface area contributed by atoms with Gasteiger partial charge in [-0.25, -0.2) is 0 Å². The average Bonchev–Trinajstić information content (AvgIpc) is 3.08. The topological polar surface area (TPSA) is 68.2 Å². The van der Waals surface area contributed by atoms with Crippen LogP contribution in [-0.2, 0) is 11.3 Å². The van der Waals surface area contributed by atoms with E-state index in [-0.39, 0.29) is 16.7 Å². The van der Waals surface area contributed by atoms with Gasteiger partial charge in [-0.3, -0.25) is 19.7 Å². The molecule has 1 N–H and O–H groups in total. The molecule has 1 aliphatic heterocycles. The van der Waals surface area contributed by atoms with Crippen LogP contribution >= 0.6 is 11.8 Å². The lowest BCUT2D eigenvalue weighted by atomic mass is 10.0. The van der Waals surface area contributed by atoms with Crippen molar-refractivity contribution in [2.24, 2.45) is 0 Å². The van der Waals surface area contributed by atoms with Gasteiger partial charge >= 0.3 is 0 Å². The molecule has 1 aliphatic rings. The number of rotatable bonds is 3. The second-order valence-corrected chi connectivity index (χ2v) is 8.07. The van der Waals surface area contributed by atoms with Crippen molar-refractivity contribution in [2.45, 2.75) is 6.54 Å². The first-order valence-electron chi connectivity index (χ1n) is 9.44. The predicted octanol–water partition coefficient (Wildman–Crippen LogP) is 4.53. The molecule has 1 aromatic heterocycles. The van der Waals surface area contributed by atoms with Gasteiger partial charge in [-0.05, 0) is 52.6 Å². The summed E-state index contributed by atoms with van der Waals surface area (Å²) in [6.07, 6.45) is 1.70. The first-order valence-corrected chi connectivity index (χ1v) is 10.3. The fraction of sp³-hybridized carbons (Fsp3) is 0.0417. The van der Waals surface area contributed by atoms with E-state index in [9.17, 15) is 14.4 Å². The highest BCUT2D eigenvalue weighted by atomic mass is 32.2. The van der Waals surface area contributed by atoms with Crippen molar-refractivity contribution in [1.82, 2.24) is 9.88 Å². The van der Waals surface area contributed by atoms with Crippen molar-refractivity contribution >= 4 is 50.7 Å². The maximum atomic E-state index is 13.2. The number of hydrogen-bond acceptors (Lipinski definition) is 4. The van der Waals surface area contributed by atoms with Crippen molar-refractivity contribution in [3.8, 4) is 0 Å². The Morgan fingerprint density at radius 3 is 2.30 bits per heavy atom. The number of nitrogens with one attached hydrogen (secondary N) is 1. The molecule has 5 nitrogen and oxygen atoms in total. The van der Waals surface area contributed by atoms with Crippen LogP contribution in [-0.4, -0.2) is 15.7 Å². The maximum Gasteiger partial charge on any atom is 0.290 e. The number of aromatic nitrogens is 1. The molecule has 0 bridgehead atoms. The lowest BCUT2D eigenvalue weighted by Gasteiger charge is -2.14. The quantitative estimate of drug-likeness (QED) is 0.397. The highest BCUT2D eigenvalue weighted by Gasteiger charge is 2.25. The molecule has 0 atom stereocenters. The molecule has 4 aromatic rings. The van der Waals surface area contributed by atoms with Crippen LogP contribution in [0, 0.1) is 0 Å². The molecule has 146 valence electrons. The Balaban J connectivity index is 1.73. The van der Waals surface area contributed by atoms with Gasteiger partial charge in [0, 0.05) is 10.8 Å². The Morgan fingerprint density at radius 1 is 0.833 bits per heavy atom. The molecular weight excluding hydrogens is 396 g/mol. The first-order chi connectivity index (χ1) is 14.6. The number of carbonyl (C=O) groups excluding carboxylic acids is 2. The number of benzene rings is 3. The van der Waals surface area contributed by atoms with E-state index in [0.29, 0.717) is 16.8 Å². The summed E-state index contributed by atoms with van der Waals surface area (Å²) >= 11 is 0.891. The van der Waals surface area contributed by atoms with Crippen LogP contribution < -0.4 is 10.9 Å². The fourth-order valence-corrected chi connectivity index (χ4v) is 4.43. The second-order valence-electron chi connectivity index (χ2n) is 7.05. The van der Waals surface area contributed by atoms with Gasteiger partial charge in [-0.1, -0.05) is 54.6 Å². The van der Waals surface area contributed by atoms with E-state index in [2.05, 4.69) is 5.32 Å². The van der Waals surface area contributed by atoms with Gasteiger partial charge < -0.3 is 4.57 Å². The average molecular weight is 412 g/mol. The summed E-state index contributed by atoms with van der Waals surface area (Å²) in [6, 6.07) is 23.1. The van der Waals surface area contributed by atoms with Crippen molar-refractivity contribution in [3.05, 3.63) is 99.2 Å². The number of fused-ring (bicyclic) bond motifs is 3. The Hall–Kier alpha value is -3.64. The SMILES string of the molecule is O=C1NC(=O)/C(=C/c2ccc3c(c2)c2ccccc2c(=O)n3Cc2ccccc2)S1. The first kappa shape index (κ1) is 18.4. The number of amides is 2. The molecule has 0 unspecified atom stereocenters. The molecule has 5 rings (SSSR count). The maximum absolute atomic E-state index is 13.2. The molecule has 0 saturated carbocycles. The molecular formula is C24H16N2O3S. The highest BCUT2D eigenvalue weighted by molar-refractivity contribution is 8.18. The smallest absolute Gasteiger partial charge is 0.290 e. The van der Waals surface area contributed by atoms with Gasteiger partial charge in [-0.2, -0.15) is 0 Å². The van der Waals surface area contributed by atoms with Crippen LogP contribution in [0.1, 0.15) is 11.1 Å². The van der Waals surface area contributed by atoms with Crippen LogP contribution in [0.5, 0.6) is 0 Å².